The van der Waals surface area contributed by atoms with E-state index in [-0.39, 0.29) is 12.4 Å². The molecule has 0 aliphatic carbocycles. The number of nitrogens with zero attached hydrogens (tertiary/aromatic N) is 1. The van der Waals surface area contributed by atoms with E-state index in [1.807, 2.05) is 39.0 Å². The van der Waals surface area contributed by atoms with Crippen LogP contribution >= 0.6 is 0 Å². The molecule has 0 unspecified atom stereocenters. The third-order valence-corrected chi connectivity index (χ3v) is 3.42. The number of nitrogen functional groups attached to an aromatic ring is 1. The molecule has 26 heavy (non-hydrogen) atoms. The predicted molar refractivity (Wildman–Crippen MR) is 101 cm³/mol. The highest BCUT2D eigenvalue weighted by molar-refractivity contribution is 5.68. The molecule has 6 heteroatoms. The number of nitrogens with two attached hydrogens (primary N) is 1. The van der Waals surface area contributed by atoms with E-state index in [1.165, 1.54) is 6.07 Å². The quantitative estimate of drug-likeness (QED) is 0.768. The monoisotopic (exact) mass is 358 g/mol. The maximum absolute atomic E-state index is 12.5. The van der Waals surface area contributed by atoms with E-state index in [1.54, 1.807) is 29.2 Å². The van der Waals surface area contributed by atoms with Gasteiger partial charge in [0.1, 0.15) is 23.7 Å². The standard InChI is InChI=1S/C20H26N2O4/c1-20(2,3)26-19(24)22(14-15-6-4-7-16(21)12-15)10-11-25-18-9-5-8-17(23)13-18/h4-9,12-13,23H,10-11,14,21H2,1-3H3. The van der Waals surface area contributed by atoms with E-state index in [0.29, 0.717) is 24.5 Å². The van der Waals surface area contributed by atoms with Gasteiger partial charge in [-0.05, 0) is 50.6 Å². The molecule has 0 aliphatic heterocycles. The minimum Gasteiger partial charge on any atom is -0.508 e. The normalized spacial score (nSPS) is 11.0. The molecule has 0 aliphatic rings. The van der Waals surface area contributed by atoms with Crippen molar-refractivity contribution in [3.8, 4) is 11.5 Å². The Balaban J connectivity index is 2.03. The van der Waals surface area contributed by atoms with Crippen molar-refractivity contribution >= 4 is 11.8 Å². The Hall–Kier alpha value is -2.89. The van der Waals surface area contributed by atoms with Crippen LogP contribution in [0.1, 0.15) is 26.3 Å². The lowest BCUT2D eigenvalue weighted by Crippen LogP contribution is -2.38. The third-order valence-electron chi connectivity index (χ3n) is 3.42. The lowest BCUT2D eigenvalue weighted by molar-refractivity contribution is 0.0209. The molecule has 0 fully saturated rings. The molecule has 0 saturated heterocycles. The molecule has 0 aromatic heterocycles. The Kier molecular flexibility index (Phi) is 6.33. The SMILES string of the molecule is CC(C)(C)OC(=O)N(CCOc1cccc(O)c1)Cc1cccc(N)c1. The first-order chi connectivity index (χ1) is 12.2. The van der Waals surface area contributed by atoms with Crippen LogP contribution in [0.5, 0.6) is 11.5 Å². The number of benzene rings is 2. The summed E-state index contributed by atoms with van der Waals surface area (Å²) in [5.74, 6) is 0.671. The Morgan fingerprint density at radius 1 is 1.15 bits per heavy atom. The molecule has 2 rings (SSSR count). The van der Waals surface area contributed by atoms with Gasteiger partial charge in [-0.25, -0.2) is 4.79 Å². The Bertz CT molecular complexity index is 741. The minimum atomic E-state index is -0.586. The number of anilines is 1. The van der Waals surface area contributed by atoms with E-state index in [9.17, 15) is 9.90 Å². The van der Waals surface area contributed by atoms with Crippen LogP contribution in [0.25, 0.3) is 0 Å². The second kappa shape index (κ2) is 8.47. The van der Waals surface area contributed by atoms with Crippen molar-refractivity contribution in [2.75, 3.05) is 18.9 Å². The van der Waals surface area contributed by atoms with Crippen molar-refractivity contribution in [2.45, 2.75) is 32.9 Å². The first kappa shape index (κ1) is 19.4. The fourth-order valence-electron chi connectivity index (χ4n) is 2.32. The predicted octanol–water partition coefficient (Wildman–Crippen LogP) is 3.79. The Morgan fingerprint density at radius 2 is 1.88 bits per heavy atom. The summed E-state index contributed by atoms with van der Waals surface area (Å²) < 4.78 is 11.1. The fourth-order valence-corrected chi connectivity index (χ4v) is 2.32. The number of ether oxygens (including phenoxy) is 2. The maximum Gasteiger partial charge on any atom is 0.410 e. The topological polar surface area (TPSA) is 85.0 Å². The summed E-state index contributed by atoms with van der Waals surface area (Å²) in [7, 11) is 0. The van der Waals surface area contributed by atoms with Crippen LogP contribution in [0.4, 0.5) is 10.5 Å². The molecule has 2 aromatic rings. The number of amides is 1. The summed E-state index contributed by atoms with van der Waals surface area (Å²) in [6.45, 7) is 6.44. The molecule has 1 amide bonds. The summed E-state index contributed by atoms with van der Waals surface area (Å²) in [5, 5.41) is 9.48. The number of carbonyl (C=O) groups excluding carboxylic acids is 1. The first-order valence-corrected chi connectivity index (χ1v) is 8.47. The second-order valence-corrected chi connectivity index (χ2v) is 6.99. The molecule has 140 valence electrons. The fraction of sp³-hybridized carbons (Fsp3) is 0.350. The minimum absolute atomic E-state index is 0.131. The number of phenols is 1. The summed E-state index contributed by atoms with van der Waals surface area (Å²) in [6.07, 6.45) is -0.417. The van der Waals surface area contributed by atoms with E-state index < -0.39 is 11.7 Å². The van der Waals surface area contributed by atoms with Gasteiger partial charge in [0.25, 0.3) is 0 Å². The second-order valence-electron chi connectivity index (χ2n) is 6.99. The van der Waals surface area contributed by atoms with E-state index in [2.05, 4.69) is 0 Å². The van der Waals surface area contributed by atoms with Crippen molar-refractivity contribution < 1.29 is 19.4 Å². The number of aromatic hydroxyl groups is 1. The third kappa shape index (κ3) is 6.55. The highest BCUT2D eigenvalue weighted by Crippen LogP contribution is 2.18. The van der Waals surface area contributed by atoms with Crippen LogP contribution in [0.15, 0.2) is 48.5 Å². The van der Waals surface area contributed by atoms with Gasteiger partial charge in [0.05, 0.1) is 6.54 Å². The zero-order valence-corrected chi connectivity index (χ0v) is 15.4. The summed E-state index contributed by atoms with van der Waals surface area (Å²) in [5.41, 5.74) is 6.78. The van der Waals surface area contributed by atoms with Gasteiger partial charge >= 0.3 is 6.09 Å². The van der Waals surface area contributed by atoms with Crippen molar-refractivity contribution in [1.29, 1.82) is 0 Å². The van der Waals surface area contributed by atoms with Gasteiger partial charge in [-0.3, -0.25) is 0 Å². The number of rotatable bonds is 6. The van der Waals surface area contributed by atoms with Crippen LogP contribution in [0.3, 0.4) is 0 Å². The van der Waals surface area contributed by atoms with Crippen LogP contribution in [0, 0.1) is 0 Å². The van der Waals surface area contributed by atoms with E-state index in [0.717, 1.165) is 5.56 Å². The van der Waals surface area contributed by atoms with Crippen molar-refractivity contribution in [3.05, 3.63) is 54.1 Å². The zero-order chi connectivity index (χ0) is 19.2. The zero-order valence-electron chi connectivity index (χ0n) is 15.4. The maximum atomic E-state index is 12.5. The molecule has 0 saturated carbocycles. The van der Waals surface area contributed by atoms with Gasteiger partial charge in [0.2, 0.25) is 0 Å². The van der Waals surface area contributed by atoms with Gasteiger partial charge in [-0.1, -0.05) is 18.2 Å². The molecule has 0 spiro atoms. The molecule has 0 atom stereocenters. The highest BCUT2D eigenvalue weighted by Gasteiger charge is 2.22. The van der Waals surface area contributed by atoms with Crippen molar-refractivity contribution in [1.82, 2.24) is 4.90 Å². The number of hydrogen-bond acceptors (Lipinski definition) is 5. The Morgan fingerprint density at radius 3 is 2.54 bits per heavy atom. The van der Waals surface area contributed by atoms with Crippen molar-refractivity contribution in [2.24, 2.45) is 0 Å². The first-order valence-electron chi connectivity index (χ1n) is 8.47. The molecular weight excluding hydrogens is 332 g/mol. The van der Waals surface area contributed by atoms with Crippen LogP contribution in [0.2, 0.25) is 0 Å². The lowest BCUT2D eigenvalue weighted by Gasteiger charge is -2.27. The highest BCUT2D eigenvalue weighted by atomic mass is 16.6. The largest absolute Gasteiger partial charge is 0.508 e. The molecule has 0 heterocycles. The van der Waals surface area contributed by atoms with Gasteiger partial charge in [-0.15, -0.1) is 0 Å². The van der Waals surface area contributed by atoms with Gasteiger partial charge < -0.3 is 25.2 Å². The molecule has 3 N–H and O–H groups in total. The molecule has 0 bridgehead atoms. The number of phenolic OH excluding ortho intramolecular Hbond substituents is 1. The molecular formula is C20H26N2O4. The summed E-state index contributed by atoms with van der Waals surface area (Å²) >= 11 is 0. The Labute approximate surface area is 154 Å². The average molecular weight is 358 g/mol. The molecule has 0 radical (unpaired) electrons. The lowest BCUT2D eigenvalue weighted by atomic mass is 10.2. The average Bonchev–Trinajstić information content (AvgIpc) is 2.52. The number of hydrogen-bond donors (Lipinski definition) is 2. The number of carbonyl (C=O) groups is 1. The molecule has 2 aromatic carbocycles. The van der Waals surface area contributed by atoms with Crippen molar-refractivity contribution in [3.63, 3.8) is 0 Å². The van der Waals surface area contributed by atoms with Crippen LogP contribution in [-0.2, 0) is 11.3 Å². The van der Waals surface area contributed by atoms with Crippen LogP contribution < -0.4 is 10.5 Å². The summed E-state index contributed by atoms with van der Waals surface area (Å²) in [4.78, 5) is 14.1. The van der Waals surface area contributed by atoms with E-state index in [4.69, 9.17) is 15.2 Å². The van der Waals surface area contributed by atoms with Crippen LogP contribution in [-0.4, -0.2) is 34.9 Å². The molecule has 6 nitrogen and oxygen atoms in total. The van der Waals surface area contributed by atoms with Gasteiger partial charge in [-0.2, -0.15) is 0 Å². The van der Waals surface area contributed by atoms with Gasteiger partial charge in [0, 0.05) is 18.3 Å². The van der Waals surface area contributed by atoms with E-state index >= 15 is 0 Å². The van der Waals surface area contributed by atoms with Gasteiger partial charge in [0.15, 0.2) is 0 Å². The summed E-state index contributed by atoms with van der Waals surface area (Å²) in [6, 6.07) is 13.9. The smallest absolute Gasteiger partial charge is 0.410 e.